The van der Waals surface area contributed by atoms with Gasteiger partial charge in [0.25, 0.3) is 0 Å². The van der Waals surface area contributed by atoms with Crippen LogP contribution in [0.4, 0.5) is 0 Å². The van der Waals surface area contributed by atoms with Crippen molar-refractivity contribution in [1.82, 2.24) is 10.6 Å². The van der Waals surface area contributed by atoms with E-state index in [0.29, 0.717) is 0 Å². The molecule has 1 unspecified atom stereocenters. The highest BCUT2D eigenvalue weighted by Gasteiger charge is 2.12. The molecule has 0 spiro atoms. The molecule has 1 heterocycles. The van der Waals surface area contributed by atoms with Crippen LogP contribution in [-0.2, 0) is 6.54 Å². The van der Waals surface area contributed by atoms with Crippen LogP contribution >= 0.6 is 0 Å². The zero-order chi connectivity index (χ0) is 12.9. The minimum absolute atomic E-state index is 0.795. The molecule has 0 saturated carbocycles. The first kappa shape index (κ1) is 12.6. The molecule has 2 aromatic rings. The van der Waals surface area contributed by atoms with Crippen molar-refractivity contribution in [3.8, 4) is 0 Å². The Morgan fingerprint density at radius 2 is 2.00 bits per heavy atom. The summed E-state index contributed by atoms with van der Waals surface area (Å²) in [4.78, 5) is 0. The van der Waals surface area contributed by atoms with Gasteiger partial charge in [0, 0.05) is 6.54 Å². The number of piperidine rings is 1. The third-order valence-electron chi connectivity index (χ3n) is 4.03. The Labute approximate surface area is 115 Å². The summed E-state index contributed by atoms with van der Waals surface area (Å²) in [6.45, 7) is 4.45. The quantitative estimate of drug-likeness (QED) is 0.876. The zero-order valence-electron chi connectivity index (χ0n) is 11.4. The lowest BCUT2D eigenvalue weighted by atomic mass is 9.99. The van der Waals surface area contributed by atoms with Crippen molar-refractivity contribution in [1.29, 1.82) is 0 Å². The second-order valence-electron chi connectivity index (χ2n) is 5.48. The minimum atomic E-state index is 0.795. The third kappa shape index (κ3) is 3.14. The largest absolute Gasteiger partial charge is 0.316 e. The van der Waals surface area contributed by atoms with Crippen molar-refractivity contribution in [2.75, 3.05) is 19.6 Å². The zero-order valence-corrected chi connectivity index (χ0v) is 11.4. The fourth-order valence-corrected chi connectivity index (χ4v) is 2.96. The molecule has 2 nitrogen and oxygen atoms in total. The van der Waals surface area contributed by atoms with Crippen molar-refractivity contribution in [3.63, 3.8) is 0 Å². The number of hydrogen-bond donors (Lipinski definition) is 2. The number of benzene rings is 2. The Morgan fingerprint density at radius 1 is 1.11 bits per heavy atom. The smallest absolute Gasteiger partial charge is 0.0211 e. The lowest BCUT2D eigenvalue weighted by Gasteiger charge is -2.23. The molecule has 0 radical (unpaired) electrons. The van der Waals surface area contributed by atoms with Gasteiger partial charge in [-0.1, -0.05) is 42.5 Å². The molecule has 1 saturated heterocycles. The highest BCUT2D eigenvalue weighted by molar-refractivity contribution is 5.85. The van der Waals surface area contributed by atoms with Crippen LogP contribution in [0.5, 0.6) is 0 Å². The standard InChI is InChI=1S/C17H22N2/c1-2-9-17-15(6-1)7-3-8-16(17)13-19-12-14-5-4-10-18-11-14/h1-3,6-9,14,18-19H,4-5,10-13H2. The molecule has 1 fully saturated rings. The lowest BCUT2D eigenvalue weighted by molar-refractivity contribution is 0.360. The van der Waals surface area contributed by atoms with Gasteiger partial charge >= 0.3 is 0 Å². The van der Waals surface area contributed by atoms with Crippen LogP contribution in [0.25, 0.3) is 10.8 Å². The molecular formula is C17H22N2. The number of fused-ring (bicyclic) bond motifs is 1. The van der Waals surface area contributed by atoms with E-state index < -0.39 is 0 Å². The van der Waals surface area contributed by atoms with E-state index in [4.69, 9.17) is 0 Å². The monoisotopic (exact) mass is 254 g/mol. The second kappa shape index (κ2) is 6.18. The van der Waals surface area contributed by atoms with Crippen LogP contribution in [-0.4, -0.2) is 19.6 Å². The first-order chi connectivity index (χ1) is 9.43. The van der Waals surface area contributed by atoms with Crippen molar-refractivity contribution in [3.05, 3.63) is 48.0 Å². The van der Waals surface area contributed by atoms with Gasteiger partial charge < -0.3 is 10.6 Å². The van der Waals surface area contributed by atoms with Crippen molar-refractivity contribution in [2.45, 2.75) is 19.4 Å². The summed E-state index contributed by atoms with van der Waals surface area (Å²) in [5.74, 6) is 0.795. The molecule has 2 heteroatoms. The summed E-state index contributed by atoms with van der Waals surface area (Å²) < 4.78 is 0. The average Bonchev–Trinajstić information content (AvgIpc) is 2.49. The van der Waals surface area contributed by atoms with E-state index >= 15 is 0 Å². The molecule has 100 valence electrons. The Hall–Kier alpha value is -1.38. The topological polar surface area (TPSA) is 24.1 Å². The first-order valence-electron chi connectivity index (χ1n) is 7.31. The van der Waals surface area contributed by atoms with Gasteiger partial charge in [-0.05, 0) is 54.7 Å². The van der Waals surface area contributed by atoms with Gasteiger partial charge in [0.2, 0.25) is 0 Å². The maximum atomic E-state index is 3.62. The fraction of sp³-hybridized carbons (Fsp3) is 0.412. The summed E-state index contributed by atoms with van der Waals surface area (Å²) in [6, 6.07) is 15.2. The summed E-state index contributed by atoms with van der Waals surface area (Å²) in [5, 5.41) is 9.81. The molecular weight excluding hydrogens is 232 g/mol. The molecule has 0 amide bonds. The van der Waals surface area contributed by atoms with Crippen molar-refractivity contribution < 1.29 is 0 Å². The van der Waals surface area contributed by atoms with Crippen molar-refractivity contribution in [2.24, 2.45) is 5.92 Å². The average molecular weight is 254 g/mol. The molecule has 1 aliphatic rings. The SMILES string of the molecule is c1ccc2c(CNCC3CCCNC3)cccc2c1. The molecule has 2 aromatic carbocycles. The lowest BCUT2D eigenvalue weighted by Crippen LogP contribution is -2.35. The van der Waals surface area contributed by atoms with Gasteiger partial charge in [-0.15, -0.1) is 0 Å². The number of nitrogens with one attached hydrogen (secondary N) is 2. The Morgan fingerprint density at radius 3 is 2.89 bits per heavy atom. The molecule has 0 aromatic heterocycles. The van der Waals surface area contributed by atoms with Gasteiger partial charge in [-0.3, -0.25) is 0 Å². The van der Waals surface area contributed by atoms with Crippen LogP contribution in [0.15, 0.2) is 42.5 Å². The summed E-state index contributed by atoms with van der Waals surface area (Å²) in [6.07, 6.45) is 2.68. The van der Waals surface area contributed by atoms with E-state index in [-0.39, 0.29) is 0 Å². The van der Waals surface area contributed by atoms with Crippen LogP contribution in [0.1, 0.15) is 18.4 Å². The Balaban J connectivity index is 1.62. The summed E-state index contributed by atoms with van der Waals surface area (Å²) in [7, 11) is 0. The molecule has 2 N–H and O–H groups in total. The maximum Gasteiger partial charge on any atom is 0.0211 e. The van der Waals surface area contributed by atoms with Crippen LogP contribution in [0.3, 0.4) is 0 Å². The second-order valence-corrected chi connectivity index (χ2v) is 5.48. The van der Waals surface area contributed by atoms with Crippen LogP contribution in [0, 0.1) is 5.92 Å². The van der Waals surface area contributed by atoms with Gasteiger partial charge in [-0.25, -0.2) is 0 Å². The summed E-state index contributed by atoms with van der Waals surface area (Å²) >= 11 is 0. The highest BCUT2D eigenvalue weighted by Crippen LogP contribution is 2.18. The third-order valence-corrected chi connectivity index (χ3v) is 4.03. The van der Waals surface area contributed by atoms with E-state index in [1.54, 1.807) is 0 Å². The molecule has 0 bridgehead atoms. The van der Waals surface area contributed by atoms with Gasteiger partial charge in [0.15, 0.2) is 0 Å². The first-order valence-corrected chi connectivity index (χ1v) is 7.31. The normalized spacial score (nSPS) is 19.7. The number of rotatable bonds is 4. The number of hydrogen-bond acceptors (Lipinski definition) is 2. The van der Waals surface area contributed by atoms with E-state index in [9.17, 15) is 0 Å². The molecule has 3 rings (SSSR count). The predicted molar refractivity (Wildman–Crippen MR) is 81.2 cm³/mol. The molecule has 0 aliphatic carbocycles. The van der Waals surface area contributed by atoms with E-state index in [2.05, 4.69) is 53.1 Å². The molecule has 1 aliphatic heterocycles. The Bertz CT molecular complexity index is 524. The Kier molecular flexibility index (Phi) is 4.11. The van der Waals surface area contributed by atoms with Gasteiger partial charge in [0.1, 0.15) is 0 Å². The van der Waals surface area contributed by atoms with Gasteiger partial charge in [-0.2, -0.15) is 0 Å². The van der Waals surface area contributed by atoms with E-state index in [1.165, 1.54) is 42.3 Å². The highest BCUT2D eigenvalue weighted by atomic mass is 14.9. The molecule has 19 heavy (non-hydrogen) atoms. The van der Waals surface area contributed by atoms with Crippen LogP contribution < -0.4 is 10.6 Å². The van der Waals surface area contributed by atoms with Crippen LogP contribution in [0.2, 0.25) is 0 Å². The van der Waals surface area contributed by atoms with E-state index in [1.807, 2.05) is 0 Å². The van der Waals surface area contributed by atoms with E-state index in [0.717, 1.165) is 19.0 Å². The maximum absolute atomic E-state index is 3.62. The summed E-state index contributed by atoms with van der Waals surface area (Å²) in [5.41, 5.74) is 1.40. The molecule has 1 atom stereocenters. The predicted octanol–water partition coefficient (Wildman–Crippen LogP) is 2.93. The minimum Gasteiger partial charge on any atom is -0.316 e. The van der Waals surface area contributed by atoms with Crippen molar-refractivity contribution >= 4 is 10.8 Å². The van der Waals surface area contributed by atoms with Gasteiger partial charge in [0.05, 0.1) is 0 Å². The fourth-order valence-electron chi connectivity index (χ4n) is 2.96.